The van der Waals surface area contributed by atoms with E-state index >= 15 is 0 Å². The maximum Gasteiger partial charge on any atom is 0.261 e. The highest BCUT2D eigenvalue weighted by molar-refractivity contribution is 7.88. The number of carbonyl (C=O) groups excluding carboxylic acids is 1. The number of carbonyl (C=O) groups is 1. The summed E-state index contributed by atoms with van der Waals surface area (Å²) in [5.74, 6) is -0.107. The number of rotatable bonds is 3. The summed E-state index contributed by atoms with van der Waals surface area (Å²) in [6.07, 6.45) is 2.79. The third-order valence-corrected chi connectivity index (χ3v) is 6.78. The summed E-state index contributed by atoms with van der Waals surface area (Å²) in [4.78, 5) is 13.3. The molecule has 0 radical (unpaired) electrons. The molecule has 1 aromatic carbocycles. The molecule has 0 aliphatic carbocycles. The van der Waals surface area contributed by atoms with Gasteiger partial charge in [0.2, 0.25) is 10.0 Å². The van der Waals surface area contributed by atoms with E-state index in [1.54, 1.807) is 0 Å². The molecule has 7 heteroatoms. The topological polar surface area (TPSA) is 66.5 Å². The molecular weight excluding hydrogens is 332 g/mol. The quantitative estimate of drug-likeness (QED) is 0.922. The van der Waals surface area contributed by atoms with Gasteiger partial charge in [-0.15, -0.1) is 11.3 Å². The first-order valence-corrected chi connectivity index (χ1v) is 10.3. The van der Waals surface area contributed by atoms with E-state index in [-0.39, 0.29) is 11.9 Å². The van der Waals surface area contributed by atoms with E-state index < -0.39 is 10.0 Å². The normalized spacial score (nSPS) is 19.8. The first-order chi connectivity index (χ1) is 10.9. The number of sulfonamides is 1. The lowest BCUT2D eigenvalue weighted by atomic mass is 10.1. The second kappa shape index (κ2) is 6.22. The average Bonchev–Trinajstić information content (AvgIpc) is 2.84. The third-order valence-electron chi connectivity index (χ3n) is 4.24. The van der Waals surface area contributed by atoms with Crippen molar-refractivity contribution in [1.82, 2.24) is 9.62 Å². The number of nitrogens with zero attached hydrogens (tertiary/aromatic N) is 1. The number of fused-ring (bicyclic) bond motifs is 1. The molecule has 23 heavy (non-hydrogen) atoms. The molecule has 1 saturated heterocycles. The summed E-state index contributed by atoms with van der Waals surface area (Å²) >= 11 is 1.48. The van der Waals surface area contributed by atoms with E-state index in [2.05, 4.69) is 5.32 Å². The third kappa shape index (κ3) is 3.41. The number of thiophene rings is 1. The summed E-state index contributed by atoms with van der Waals surface area (Å²) in [5, 5.41) is 4.11. The molecule has 2 aromatic rings. The second-order valence-corrected chi connectivity index (χ2v) is 9.02. The Morgan fingerprint density at radius 1 is 1.35 bits per heavy atom. The summed E-state index contributed by atoms with van der Waals surface area (Å²) in [5.41, 5.74) is 0.985. The molecule has 0 spiro atoms. The minimum atomic E-state index is -3.20. The van der Waals surface area contributed by atoms with Gasteiger partial charge < -0.3 is 5.32 Å². The van der Waals surface area contributed by atoms with E-state index in [9.17, 15) is 13.2 Å². The number of piperidine rings is 1. The van der Waals surface area contributed by atoms with E-state index in [1.807, 2.05) is 31.2 Å². The summed E-state index contributed by atoms with van der Waals surface area (Å²) in [7, 11) is -3.20. The van der Waals surface area contributed by atoms with E-state index in [1.165, 1.54) is 21.9 Å². The Morgan fingerprint density at radius 2 is 2.09 bits per heavy atom. The van der Waals surface area contributed by atoms with E-state index in [0.29, 0.717) is 18.0 Å². The summed E-state index contributed by atoms with van der Waals surface area (Å²) in [6.45, 7) is 2.85. The molecule has 0 saturated carbocycles. The van der Waals surface area contributed by atoms with Gasteiger partial charge in [-0.05, 0) is 36.8 Å². The van der Waals surface area contributed by atoms with Crippen molar-refractivity contribution in [2.75, 3.05) is 19.3 Å². The van der Waals surface area contributed by atoms with Gasteiger partial charge in [-0.25, -0.2) is 12.7 Å². The number of hydrogen-bond donors (Lipinski definition) is 1. The Kier molecular flexibility index (Phi) is 4.44. The van der Waals surface area contributed by atoms with Gasteiger partial charge in [0.1, 0.15) is 0 Å². The largest absolute Gasteiger partial charge is 0.347 e. The van der Waals surface area contributed by atoms with Crippen LogP contribution in [-0.2, 0) is 10.0 Å². The predicted molar refractivity (Wildman–Crippen MR) is 93.5 cm³/mol. The van der Waals surface area contributed by atoms with Crippen LogP contribution in [0.3, 0.4) is 0 Å². The summed E-state index contributed by atoms with van der Waals surface area (Å²) in [6, 6.07) is 7.83. The van der Waals surface area contributed by atoms with Crippen LogP contribution in [0.2, 0.25) is 0 Å². The van der Waals surface area contributed by atoms with Crippen molar-refractivity contribution in [1.29, 1.82) is 0 Å². The van der Waals surface area contributed by atoms with Crippen molar-refractivity contribution in [3.63, 3.8) is 0 Å². The van der Waals surface area contributed by atoms with Crippen LogP contribution in [0.25, 0.3) is 10.1 Å². The molecule has 1 aliphatic heterocycles. The van der Waals surface area contributed by atoms with Gasteiger partial charge in [-0.1, -0.05) is 18.2 Å². The maximum atomic E-state index is 12.6. The zero-order valence-corrected chi connectivity index (χ0v) is 14.8. The number of aryl methyl sites for hydroxylation is 1. The van der Waals surface area contributed by atoms with E-state index in [4.69, 9.17) is 0 Å². The molecule has 1 aliphatic rings. The van der Waals surface area contributed by atoms with Gasteiger partial charge >= 0.3 is 0 Å². The molecule has 0 bridgehead atoms. The highest BCUT2D eigenvalue weighted by Crippen LogP contribution is 2.30. The molecule has 1 N–H and O–H groups in total. The van der Waals surface area contributed by atoms with E-state index in [0.717, 1.165) is 28.5 Å². The smallest absolute Gasteiger partial charge is 0.261 e. The van der Waals surface area contributed by atoms with Crippen LogP contribution in [0.5, 0.6) is 0 Å². The highest BCUT2D eigenvalue weighted by atomic mass is 32.2. The van der Waals surface area contributed by atoms with Crippen molar-refractivity contribution in [3.8, 4) is 0 Å². The molecule has 124 valence electrons. The van der Waals surface area contributed by atoms with Crippen LogP contribution in [0.1, 0.15) is 28.1 Å². The number of amides is 1. The monoisotopic (exact) mass is 352 g/mol. The van der Waals surface area contributed by atoms with Crippen LogP contribution in [0.15, 0.2) is 24.3 Å². The van der Waals surface area contributed by atoms with Gasteiger partial charge in [0, 0.05) is 23.8 Å². The maximum absolute atomic E-state index is 12.6. The van der Waals surface area contributed by atoms with Gasteiger partial charge in [0.15, 0.2) is 0 Å². The molecule has 1 atom stereocenters. The predicted octanol–water partition coefficient (Wildman–Crippen LogP) is 2.36. The highest BCUT2D eigenvalue weighted by Gasteiger charge is 2.27. The van der Waals surface area contributed by atoms with Crippen LogP contribution in [0, 0.1) is 6.92 Å². The molecular formula is C16H20N2O3S2. The van der Waals surface area contributed by atoms with Gasteiger partial charge in [-0.3, -0.25) is 4.79 Å². The SMILES string of the molecule is Cc1c(C(=O)NC2CCCN(S(C)(=O)=O)C2)sc2ccccc12. The molecule has 1 fully saturated rings. The number of nitrogens with one attached hydrogen (secondary N) is 1. The first-order valence-electron chi connectivity index (χ1n) is 7.60. The fraction of sp³-hybridized carbons (Fsp3) is 0.438. The minimum Gasteiger partial charge on any atom is -0.347 e. The zero-order valence-electron chi connectivity index (χ0n) is 13.2. The molecule has 1 unspecified atom stereocenters. The Labute approximate surface area is 140 Å². The number of hydrogen-bond acceptors (Lipinski definition) is 4. The van der Waals surface area contributed by atoms with Crippen molar-refractivity contribution < 1.29 is 13.2 Å². The lowest BCUT2D eigenvalue weighted by Crippen LogP contribution is -2.49. The summed E-state index contributed by atoms with van der Waals surface area (Å²) < 4.78 is 25.9. The average molecular weight is 352 g/mol. The molecule has 1 amide bonds. The minimum absolute atomic E-state index is 0.107. The van der Waals surface area contributed by atoms with Gasteiger partial charge in [0.25, 0.3) is 5.91 Å². The fourth-order valence-electron chi connectivity index (χ4n) is 3.00. The molecule has 5 nitrogen and oxygen atoms in total. The zero-order chi connectivity index (χ0) is 16.6. The molecule has 1 aromatic heterocycles. The first kappa shape index (κ1) is 16.4. The van der Waals surface area contributed by atoms with Gasteiger partial charge in [-0.2, -0.15) is 0 Å². The van der Waals surface area contributed by atoms with Crippen LogP contribution < -0.4 is 5.32 Å². The van der Waals surface area contributed by atoms with Crippen molar-refractivity contribution in [2.24, 2.45) is 0 Å². The van der Waals surface area contributed by atoms with Crippen LogP contribution in [-0.4, -0.2) is 44.0 Å². The fourth-order valence-corrected chi connectivity index (χ4v) is 5.03. The lowest BCUT2D eigenvalue weighted by Gasteiger charge is -2.31. The molecule has 3 rings (SSSR count). The Morgan fingerprint density at radius 3 is 2.78 bits per heavy atom. The Hall–Kier alpha value is -1.44. The molecule has 2 heterocycles. The number of benzene rings is 1. The Balaban J connectivity index is 1.77. The van der Waals surface area contributed by atoms with Crippen LogP contribution >= 0.6 is 11.3 Å². The van der Waals surface area contributed by atoms with Gasteiger partial charge in [0.05, 0.1) is 11.1 Å². The second-order valence-electron chi connectivity index (χ2n) is 5.99. The lowest BCUT2D eigenvalue weighted by molar-refractivity contribution is 0.0925. The van der Waals surface area contributed by atoms with Crippen molar-refractivity contribution in [2.45, 2.75) is 25.8 Å². The Bertz CT molecular complexity index is 842. The van der Waals surface area contributed by atoms with Crippen molar-refractivity contribution in [3.05, 3.63) is 34.7 Å². The standard InChI is InChI=1S/C16H20N2O3S2/c1-11-13-7-3-4-8-14(13)22-15(11)16(19)17-12-6-5-9-18(10-12)23(2,20)21/h3-4,7-8,12H,5-6,9-10H2,1-2H3,(H,17,19). The van der Waals surface area contributed by atoms with Crippen molar-refractivity contribution >= 4 is 37.4 Å². The van der Waals surface area contributed by atoms with Crippen LogP contribution in [0.4, 0.5) is 0 Å².